The Balaban J connectivity index is 3.11. The van der Waals surface area contributed by atoms with E-state index < -0.39 is 9.05 Å². The van der Waals surface area contributed by atoms with Crippen LogP contribution >= 0.6 is 38.2 Å². The molecule has 21 heavy (non-hydrogen) atoms. The van der Waals surface area contributed by atoms with Crippen molar-refractivity contribution >= 4 is 53.2 Å². The first-order chi connectivity index (χ1) is 9.68. The van der Waals surface area contributed by atoms with Crippen LogP contribution in [0.25, 0.3) is 0 Å². The van der Waals surface area contributed by atoms with E-state index in [1.165, 1.54) is 17.0 Å². The van der Waals surface area contributed by atoms with Crippen LogP contribution in [0.3, 0.4) is 0 Å². The molecule has 0 bridgehead atoms. The van der Waals surface area contributed by atoms with E-state index in [4.69, 9.17) is 27.0 Å². The predicted molar refractivity (Wildman–Crippen MR) is 85.6 cm³/mol. The average Bonchev–Trinajstić information content (AvgIpc) is 2.39. The van der Waals surface area contributed by atoms with Crippen molar-refractivity contribution in [1.29, 1.82) is 0 Å². The van der Waals surface area contributed by atoms with Gasteiger partial charge in [-0.2, -0.15) is 0 Å². The molecule has 5 nitrogen and oxygen atoms in total. The van der Waals surface area contributed by atoms with Crippen LogP contribution in [0, 0.1) is 0 Å². The molecule has 0 atom stereocenters. The minimum Gasteiger partial charge on any atom is -0.385 e. The van der Waals surface area contributed by atoms with Gasteiger partial charge in [-0.05, 0) is 34.5 Å². The van der Waals surface area contributed by atoms with E-state index >= 15 is 0 Å². The fourth-order valence-electron chi connectivity index (χ4n) is 1.61. The van der Waals surface area contributed by atoms with Gasteiger partial charge in [0.25, 0.3) is 15.0 Å². The third-order valence-corrected chi connectivity index (χ3v) is 5.30. The molecule has 1 aromatic carbocycles. The van der Waals surface area contributed by atoms with Crippen molar-refractivity contribution < 1.29 is 17.9 Å². The fourth-order valence-corrected chi connectivity index (χ4v) is 3.20. The van der Waals surface area contributed by atoms with Crippen molar-refractivity contribution in [3.63, 3.8) is 0 Å². The number of amides is 1. The number of hydrogen-bond donors (Lipinski definition) is 0. The summed E-state index contributed by atoms with van der Waals surface area (Å²) < 4.78 is 28.0. The molecule has 0 heterocycles. The van der Waals surface area contributed by atoms with E-state index in [0.29, 0.717) is 24.0 Å². The van der Waals surface area contributed by atoms with Crippen LogP contribution in [0.5, 0.6) is 0 Å². The van der Waals surface area contributed by atoms with E-state index in [9.17, 15) is 13.2 Å². The van der Waals surface area contributed by atoms with Crippen LogP contribution in [0.4, 0.5) is 0 Å². The maximum absolute atomic E-state index is 12.3. The number of hydrogen-bond acceptors (Lipinski definition) is 4. The smallest absolute Gasteiger partial charge is 0.261 e. The van der Waals surface area contributed by atoms with Gasteiger partial charge >= 0.3 is 0 Å². The summed E-state index contributed by atoms with van der Waals surface area (Å²) in [6.07, 6.45) is 0.658. The van der Waals surface area contributed by atoms with E-state index in [1.807, 2.05) is 0 Å². The van der Waals surface area contributed by atoms with Crippen molar-refractivity contribution in [2.45, 2.75) is 11.3 Å². The molecular weight excluding hydrogens is 405 g/mol. The largest absolute Gasteiger partial charge is 0.385 e. The first kappa shape index (κ1) is 18.7. The maximum Gasteiger partial charge on any atom is 0.261 e. The summed E-state index contributed by atoms with van der Waals surface area (Å²) in [5.74, 6) is -0.390. The second-order valence-corrected chi connectivity index (χ2v) is 8.08. The molecule has 0 fully saturated rings. The Hall–Kier alpha value is -0.340. The van der Waals surface area contributed by atoms with Crippen molar-refractivity contribution in [3.8, 4) is 0 Å². The minimum atomic E-state index is -3.95. The van der Waals surface area contributed by atoms with Gasteiger partial charge in [-0.25, -0.2) is 8.42 Å². The Kier molecular flexibility index (Phi) is 6.93. The van der Waals surface area contributed by atoms with Gasteiger partial charge in [0.1, 0.15) is 0 Å². The average molecular weight is 419 g/mol. The highest BCUT2D eigenvalue weighted by molar-refractivity contribution is 9.10. The number of methoxy groups -OCH3 is 1. The zero-order chi connectivity index (χ0) is 16.2. The lowest BCUT2D eigenvalue weighted by atomic mass is 10.2. The summed E-state index contributed by atoms with van der Waals surface area (Å²) in [6, 6.07) is 2.43. The van der Waals surface area contributed by atoms with E-state index in [0.717, 1.165) is 0 Å². The fraction of sp³-hybridized carbons (Fsp3) is 0.417. The summed E-state index contributed by atoms with van der Waals surface area (Å²) in [4.78, 5) is 13.6. The Morgan fingerprint density at radius 1 is 1.43 bits per heavy atom. The molecule has 0 radical (unpaired) electrons. The molecule has 1 aromatic rings. The summed E-state index contributed by atoms with van der Waals surface area (Å²) in [5, 5.41) is 0.141. The minimum absolute atomic E-state index is 0.0742. The lowest BCUT2D eigenvalue weighted by molar-refractivity contribution is 0.0779. The number of halogens is 3. The van der Waals surface area contributed by atoms with Gasteiger partial charge in [-0.3, -0.25) is 4.79 Å². The lowest BCUT2D eigenvalue weighted by Gasteiger charge is -2.18. The molecule has 0 aromatic heterocycles. The first-order valence-electron chi connectivity index (χ1n) is 5.86. The highest BCUT2D eigenvalue weighted by Gasteiger charge is 2.21. The summed E-state index contributed by atoms with van der Waals surface area (Å²) in [5.41, 5.74) is 0.0742. The Morgan fingerprint density at radius 3 is 2.57 bits per heavy atom. The molecule has 0 saturated carbocycles. The molecule has 0 aliphatic rings. The monoisotopic (exact) mass is 417 g/mol. The highest BCUT2D eigenvalue weighted by Crippen LogP contribution is 2.31. The molecule has 0 spiro atoms. The number of carbonyl (C=O) groups is 1. The molecule has 1 amide bonds. The van der Waals surface area contributed by atoms with Crippen LogP contribution in [-0.2, 0) is 13.8 Å². The number of rotatable bonds is 6. The quantitative estimate of drug-likeness (QED) is 0.525. The Morgan fingerprint density at radius 2 is 2.05 bits per heavy atom. The Bertz CT molecular complexity index is 636. The van der Waals surface area contributed by atoms with Crippen molar-refractivity contribution in [1.82, 2.24) is 4.90 Å². The van der Waals surface area contributed by atoms with Crippen LogP contribution in [0.15, 0.2) is 21.5 Å². The SMILES string of the molecule is COCCCN(C)C(=O)c1cc(S(=O)(=O)Cl)cc(Br)c1Cl. The standard InChI is InChI=1S/C12H14BrCl2NO4S/c1-16(4-3-5-20-2)12(17)9-6-8(21(15,18)19)7-10(13)11(9)14/h6-7H,3-5H2,1-2H3. The second kappa shape index (κ2) is 7.78. The molecule has 0 unspecified atom stereocenters. The summed E-state index contributed by atoms with van der Waals surface area (Å²) >= 11 is 9.18. The van der Waals surface area contributed by atoms with Crippen LogP contribution in [0.1, 0.15) is 16.8 Å². The van der Waals surface area contributed by atoms with Gasteiger partial charge in [0.15, 0.2) is 0 Å². The number of benzene rings is 1. The maximum atomic E-state index is 12.3. The van der Waals surface area contributed by atoms with Crippen LogP contribution < -0.4 is 0 Å². The molecule has 0 N–H and O–H groups in total. The van der Waals surface area contributed by atoms with E-state index in [1.54, 1.807) is 14.2 Å². The zero-order valence-corrected chi connectivity index (χ0v) is 15.3. The van der Waals surface area contributed by atoms with Gasteiger partial charge in [-0.1, -0.05) is 11.6 Å². The molecule has 0 saturated heterocycles. The van der Waals surface area contributed by atoms with Gasteiger partial charge in [0.05, 0.1) is 15.5 Å². The molecule has 118 valence electrons. The number of nitrogens with zero attached hydrogens (tertiary/aromatic N) is 1. The normalized spacial score (nSPS) is 11.5. The number of carbonyl (C=O) groups excluding carboxylic acids is 1. The lowest BCUT2D eigenvalue weighted by Crippen LogP contribution is -2.28. The van der Waals surface area contributed by atoms with Crippen molar-refractivity contribution in [2.75, 3.05) is 27.3 Å². The third-order valence-electron chi connectivity index (χ3n) is 2.70. The molecular formula is C12H14BrCl2NO4S. The molecule has 0 aliphatic heterocycles. The highest BCUT2D eigenvalue weighted by atomic mass is 79.9. The van der Waals surface area contributed by atoms with Gasteiger partial charge in [0, 0.05) is 42.5 Å². The molecule has 9 heteroatoms. The van der Waals surface area contributed by atoms with Crippen LogP contribution in [0.2, 0.25) is 5.02 Å². The van der Waals surface area contributed by atoms with Gasteiger partial charge < -0.3 is 9.64 Å². The molecule has 1 rings (SSSR count). The van der Waals surface area contributed by atoms with E-state index in [2.05, 4.69) is 15.9 Å². The predicted octanol–water partition coefficient (Wildman–Crippen LogP) is 3.14. The molecule has 0 aliphatic carbocycles. The van der Waals surface area contributed by atoms with Crippen molar-refractivity contribution in [2.24, 2.45) is 0 Å². The second-order valence-electron chi connectivity index (χ2n) is 4.28. The topological polar surface area (TPSA) is 63.7 Å². The zero-order valence-electron chi connectivity index (χ0n) is 11.4. The van der Waals surface area contributed by atoms with Gasteiger partial charge in [0.2, 0.25) is 0 Å². The first-order valence-corrected chi connectivity index (χ1v) is 9.34. The number of ether oxygens (including phenoxy) is 1. The summed E-state index contributed by atoms with van der Waals surface area (Å²) in [7, 11) is 4.53. The Labute approximate surface area is 141 Å². The van der Waals surface area contributed by atoms with Gasteiger partial charge in [-0.15, -0.1) is 0 Å². The van der Waals surface area contributed by atoms with E-state index in [-0.39, 0.29) is 21.4 Å². The summed E-state index contributed by atoms with van der Waals surface area (Å²) in [6.45, 7) is 0.976. The third kappa shape index (κ3) is 5.10. The van der Waals surface area contributed by atoms with Crippen molar-refractivity contribution in [3.05, 3.63) is 27.2 Å². The van der Waals surface area contributed by atoms with Crippen LogP contribution in [-0.4, -0.2) is 46.5 Å².